The summed E-state index contributed by atoms with van der Waals surface area (Å²) in [5, 5.41) is 8.81. The molecule has 8 aromatic carbocycles. The maximum Gasteiger partial charge on any atom is 0.157 e. The molecule has 0 unspecified atom stereocenters. The van der Waals surface area contributed by atoms with E-state index in [1.165, 1.54) is 5.39 Å². The summed E-state index contributed by atoms with van der Waals surface area (Å²) in [6, 6.07) is 56.0. The molecular weight excluding hydrogens is 639 g/mol. The number of amidine groups is 2. The number of furan rings is 2. The van der Waals surface area contributed by atoms with Crippen molar-refractivity contribution in [3.63, 3.8) is 0 Å². The van der Waals surface area contributed by atoms with Crippen LogP contribution in [-0.4, -0.2) is 11.7 Å². The largest absolute Gasteiger partial charge is 0.456 e. The van der Waals surface area contributed by atoms with Crippen LogP contribution in [0.2, 0.25) is 0 Å². The van der Waals surface area contributed by atoms with E-state index in [4.69, 9.17) is 24.6 Å². The minimum atomic E-state index is 0.390. The number of fused-ring (bicyclic) bond motifs is 9. The van der Waals surface area contributed by atoms with E-state index in [1.807, 2.05) is 72.8 Å². The fourth-order valence-electron chi connectivity index (χ4n) is 7.50. The Morgan fingerprint density at radius 1 is 0.481 bits per heavy atom. The van der Waals surface area contributed by atoms with Crippen LogP contribution >= 0.6 is 0 Å². The average molecular weight is 670 g/mol. The van der Waals surface area contributed by atoms with Crippen molar-refractivity contribution in [2.75, 3.05) is 0 Å². The number of aliphatic imine (C=N–C) groups is 2. The number of hydrogen-bond acceptors (Lipinski definition) is 3. The lowest BCUT2D eigenvalue weighted by atomic mass is 9.97. The third kappa shape index (κ3) is 5.02. The molecule has 52 heavy (non-hydrogen) atoms. The van der Waals surface area contributed by atoms with Crippen molar-refractivity contribution in [1.29, 1.82) is 0 Å². The van der Waals surface area contributed by atoms with Crippen LogP contribution < -0.4 is 5.73 Å². The van der Waals surface area contributed by atoms with Gasteiger partial charge in [0.2, 0.25) is 0 Å². The highest BCUT2D eigenvalue weighted by molar-refractivity contribution is 6.21. The summed E-state index contributed by atoms with van der Waals surface area (Å²) in [4.78, 5) is 10.2. The van der Waals surface area contributed by atoms with Gasteiger partial charge in [-0.25, -0.2) is 4.99 Å². The highest BCUT2D eigenvalue weighted by Gasteiger charge is 2.15. The fraction of sp³-hybridized carbons (Fsp3) is 0.0213. The van der Waals surface area contributed by atoms with Gasteiger partial charge >= 0.3 is 0 Å². The van der Waals surface area contributed by atoms with Crippen molar-refractivity contribution in [1.82, 2.24) is 0 Å². The Hall–Kier alpha value is -6.98. The van der Waals surface area contributed by atoms with Gasteiger partial charge in [0.25, 0.3) is 0 Å². The first-order valence-corrected chi connectivity index (χ1v) is 17.4. The van der Waals surface area contributed by atoms with Gasteiger partial charge in [-0.2, -0.15) is 0 Å². The van der Waals surface area contributed by atoms with Crippen LogP contribution in [0, 0.1) is 0 Å². The van der Waals surface area contributed by atoms with Crippen LogP contribution in [0.15, 0.2) is 183 Å². The second-order valence-electron chi connectivity index (χ2n) is 13.1. The summed E-state index contributed by atoms with van der Waals surface area (Å²) in [6.07, 6.45) is 0. The van der Waals surface area contributed by atoms with E-state index >= 15 is 0 Å². The third-order valence-electron chi connectivity index (χ3n) is 9.99. The van der Waals surface area contributed by atoms with E-state index in [9.17, 15) is 0 Å². The van der Waals surface area contributed by atoms with E-state index in [0.717, 1.165) is 87.9 Å². The van der Waals surface area contributed by atoms with E-state index in [1.54, 1.807) is 0 Å². The van der Waals surface area contributed by atoms with E-state index < -0.39 is 0 Å². The average Bonchev–Trinajstić information content (AvgIpc) is 3.77. The third-order valence-corrected chi connectivity index (χ3v) is 9.99. The predicted molar refractivity (Wildman–Crippen MR) is 215 cm³/mol. The van der Waals surface area contributed by atoms with E-state index in [2.05, 4.69) is 91.0 Å². The molecule has 246 valence electrons. The molecule has 2 heterocycles. The molecule has 0 radical (unpaired) electrons. The second kappa shape index (κ2) is 12.1. The summed E-state index contributed by atoms with van der Waals surface area (Å²) < 4.78 is 12.6. The number of hydrogen-bond donors (Lipinski definition) is 1. The number of nitrogens with zero attached hydrogens (tertiary/aromatic N) is 2. The number of benzene rings is 8. The monoisotopic (exact) mass is 669 g/mol. The maximum absolute atomic E-state index is 6.88. The molecule has 10 aromatic rings. The van der Waals surface area contributed by atoms with Gasteiger partial charge in [0, 0.05) is 32.7 Å². The molecule has 0 spiro atoms. The predicted octanol–water partition coefficient (Wildman–Crippen LogP) is 11.8. The first-order chi connectivity index (χ1) is 25.7. The minimum absolute atomic E-state index is 0.390. The van der Waals surface area contributed by atoms with Crippen molar-refractivity contribution < 1.29 is 8.83 Å². The second-order valence-corrected chi connectivity index (χ2v) is 13.1. The van der Waals surface area contributed by atoms with Crippen molar-refractivity contribution in [2.45, 2.75) is 6.54 Å². The van der Waals surface area contributed by atoms with Gasteiger partial charge in [0.15, 0.2) is 5.84 Å². The van der Waals surface area contributed by atoms with Gasteiger partial charge in [-0.05, 0) is 80.7 Å². The zero-order chi connectivity index (χ0) is 34.6. The maximum atomic E-state index is 6.88. The summed E-state index contributed by atoms with van der Waals surface area (Å²) in [7, 11) is 0. The van der Waals surface area contributed by atoms with Crippen LogP contribution in [-0.2, 0) is 6.54 Å². The van der Waals surface area contributed by atoms with Crippen LogP contribution in [0.3, 0.4) is 0 Å². The molecule has 0 aliphatic carbocycles. The minimum Gasteiger partial charge on any atom is -0.456 e. The number of rotatable bonds is 5. The molecule has 5 heteroatoms. The van der Waals surface area contributed by atoms with Crippen molar-refractivity contribution in [3.8, 4) is 11.1 Å². The van der Waals surface area contributed by atoms with Crippen LogP contribution in [0.1, 0.15) is 16.7 Å². The fourth-order valence-corrected chi connectivity index (χ4v) is 7.50. The summed E-state index contributed by atoms with van der Waals surface area (Å²) in [5.41, 5.74) is 15.3. The summed E-state index contributed by atoms with van der Waals surface area (Å²) >= 11 is 0. The van der Waals surface area contributed by atoms with Crippen molar-refractivity contribution in [2.24, 2.45) is 15.7 Å². The molecule has 10 rings (SSSR count). The first-order valence-electron chi connectivity index (χ1n) is 17.4. The van der Waals surface area contributed by atoms with Gasteiger partial charge in [0.05, 0.1) is 6.54 Å². The molecule has 0 amide bonds. The van der Waals surface area contributed by atoms with Crippen LogP contribution in [0.4, 0.5) is 0 Å². The molecular formula is C47H31N3O2. The molecule has 0 bridgehead atoms. The topological polar surface area (TPSA) is 77.0 Å². The lowest BCUT2D eigenvalue weighted by Gasteiger charge is -2.11. The molecule has 2 N–H and O–H groups in total. The zero-order valence-electron chi connectivity index (χ0n) is 28.1. The number of para-hydroxylation sites is 1. The molecule has 0 saturated carbocycles. The van der Waals surface area contributed by atoms with Crippen molar-refractivity contribution >= 4 is 77.1 Å². The van der Waals surface area contributed by atoms with Gasteiger partial charge in [0.1, 0.15) is 28.2 Å². The molecule has 0 aliphatic rings. The summed E-state index contributed by atoms with van der Waals surface area (Å²) in [5.74, 6) is 0.988. The Kier molecular flexibility index (Phi) is 6.96. The lowest BCUT2D eigenvalue weighted by molar-refractivity contribution is 0.668. The van der Waals surface area contributed by atoms with E-state index in [0.29, 0.717) is 18.2 Å². The molecule has 0 aliphatic heterocycles. The lowest BCUT2D eigenvalue weighted by Crippen LogP contribution is -2.17. The Labute approximate surface area is 299 Å². The van der Waals surface area contributed by atoms with Crippen LogP contribution in [0.25, 0.3) is 76.5 Å². The highest BCUT2D eigenvalue weighted by Crippen LogP contribution is 2.37. The number of nitrogens with two attached hydrogens (primary N) is 1. The van der Waals surface area contributed by atoms with Gasteiger partial charge in [-0.1, -0.05) is 121 Å². The standard InChI is InChI=1S/C47H31N3O2/c48-46(39-26-32-13-4-5-15-34(32)35-16-6-7-17-36(35)39)50-47(29-11-2-1-3-12-29)49-28-33-14-10-20-43-45(33)40-25-30(22-24-42(40)51-43)31-21-23-38-37-18-8-9-19-41(37)52-44(38)27-31/h1-27H,28H2,(H2,48,49,50). The zero-order valence-corrected chi connectivity index (χ0v) is 28.1. The Balaban J connectivity index is 1.07. The smallest absolute Gasteiger partial charge is 0.157 e. The summed E-state index contributed by atoms with van der Waals surface area (Å²) in [6.45, 7) is 0.390. The van der Waals surface area contributed by atoms with Crippen molar-refractivity contribution in [3.05, 3.63) is 180 Å². The van der Waals surface area contributed by atoms with E-state index in [-0.39, 0.29) is 0 Å². The molecule has 0 atom stereocenters. The van der Waals surface area contributed by atoms with Gasteiger partial charge in [-0.15, -0.1) is 0 Å². The van der Waals surface area contributed by atoms with Crippen LogP contribution in [0.5, 0.6) is 0 Å². The Morgan fingerprint density at radius 3 is 2.02 bits per heavy atom. The Bertz CT molecular complexity index is 3060. The first kappa shape index (κ1) is 29.9. The normalized spacial score (nSPS) is 12.6. The highest BCUT2D eigenvalue weighted by atomic mass is 16.3. The molecule has 5 nitrogen and oxygen atoms in total. The SMILES string of the molecule is N/C(=N\C(=N/Cc1cccc2oc3ccc(-c4ccc5c(c4)oc4ccccc45)cc3c12)c1ccccc1)c1cc2ccccc2c2ccccc12. The molecule has 0 saturated heterocycles. The van der Waals surface area contributed by atoms with Gasteiger partial charge < -0.3 is 14.6 Å². The Morgan fingerprint density at radius 2 is 1.13 bits per heavy atom. The quantitative estimate of drug-likeness (QED) is 0.113. The van der Waals surface area contributed by atoms with Gasteiger partial charge in [-0.3, -0.25) is 4.99 Å². The molecule has 2 aromatic heterocycles. The molecule has 0 fully saturated rings.